The summed E-state index contributed by atoms with van der Waals surface area (Å²) in [5.41, 5.74) is 0.252. The van der Waals surface area contributed by atoms with Gasteiger partial charge >= 0.3 is 0 Å². The Morgan fingerprint density at radius 2 is 1.84 bits per heavy atom. The third-order valence-electron chi connectivity index (χ3n) is 2.36. The molecule has 0 aliphatic rings. The Balaban J connectivity index is 2.37. The van der Waals surface area contributed by atoms with E-state index >= 15 is 0 Å². The van der Waals surface area contributed by atoms with Gasteiger partial charge in [-0.05, 0) is 24.3 Å². The average Bonchev–Trinajstić information content (AvgIpc) is 2.36. The van der Waals surface area contributed by atoms with Crippen LogP contribution in [-0.2, 0) is 0 Å². The molecule has 2 aromatic carbocycles. The quantitative estimate of drug-likeness (QED) is 0.672. The van der Waals surface area contributed by atoms with Crippen LogP contribution in [0.4, 0.5) is 25.8 Å². The van der Waals surface area contributed by atoms with Gasteiger partial charge in [-0.3, -0.25) is 10.1 Å². The smallest absolute Gasteiger partial charge is 0.293 e. The monoisotopic (exact) mass is 328 g/mol. The van der Waals surface area contributed by atoms with Gasteiger partial charge < -0.3 is 5.32 Å². The number of nitrogens with one attached hydrogen (secondary N) is 1. The van der Waals surface area contributed by atoms with Gasteiger partial charge in [0.15, 0.2) is 11.6 Å². The number of anilines is 2. The molecule has 0 bridgehead atoms. The van der Waals surface area contributed by atoms with Crippen LogP contribution in [0.5, 0.6) is 0 Å². The largest absolute Gasteiger partial charge is 0.350 e. The first-order chi connectivity index (χ1) is 8.97. The normalized spacial score (nSPS) is 10.3. The molecule has 7 heteroatoms. The summed E-state index contributed by atoms with van der Waals surface area (Å²) in [7, 11) is 0. The number of nitro groups is 1. The molecule has 0 aromatic heterocycles. The highest BCUT2D eigenvalue weighted by molar-refractivity contribution is 9.10. The minimum Gasteiger partial charge on any atom is -0.350 e. The highest BCUT2D eigenvalue weighted by Gasteiger charge is 2.14. The Morgan fingerprint density at radius 1 is 1.11 bits per heavy atom. The van der Waals surface area contributed by atoms with E-state index < -0.39 is 16.6 Å². The number of rotatable bonds is 3. The zero-order chi connectivity index (χ0) is 14.0. The van der Waals surface area contributed by atoms with Crippen molar-refractivity contribution in [2.75, 3.05) is 5.32 Å². The first-order valence-electron chi connectivity index (χ1n) is 5.13. The second kappa shape index (κ2) is 5.31. The maximum atomic E-state index is 13.0. The molecule has 1 N–H and O–H groups in total. The summed E-state index contributed by atoms with van der Waals surface area (Å²) < 4.78 is 26.4. The predicted molar refractivity (Wildman–Crippen MR) is 70.4 cm³/mol. The average molecular weight is 329 g/mol. The summed E-state index contributed by atoms with van der Waals surface area (Å²) in [6.45, 7) is 0. The summed E-state index contributed by atoms with van der Waals surface area (Å²) in [4.78, 5) is 10.3. The number of halogens is 3. The molecule has 0 amide bonds. The van der Waals surface area contributed by atoms with Gasteiger partial charge in [0, 0.05) is 22.3 Å². The Kier molecular flexibility index (Phi) is 3.75. The molecule has 0 radical (unpaired) electrons. The number of benzene rings is 2. The SMILES string of the molecule is O=[N+]([O-])c1cc(Br)ccc1Nc1ccc(F)c(F)c1. The van der Waals surface area contributed by atoms with E-state index in [-0.39, 0.29) is 17.1 Å². The van der Waals surface area contributed by atoms with Crippen molar-refractivity contribution in [1.29, 1.82) is 0 Å². The third kappa shape index (κ3) is 3.05. The van der Waals surface area contributed by atoms with Gasteiger partial charge in [0.2, 0.25) is 0 Å². The Labute approximate surface area is 115 Å². The van der Waals surface area contributed by atoms with E-state index in [2.05, 4.69) is 21.2 Å². The van der Waals surface area contributed by atoms with Crippen LogP contribution in [0.2, 0.25) is 0 Å². The fourth-order valence-corrected chi connectivity index (χ4v) is 1.84. The first kappa shape index (κ1) is 13.4. The van der Waals surface area contributed by atoms with Crippen LogP contribution in [0.1, 0.15) is 0 Å². The van der Waals surface area contributed by atoms with E-state index in [0.29, 0.717) is 4.47 Å². The van der Waals surface area contributed by atoms with Gasteiger partial charge in [-0.1, -0.05) is 15.9 Å². The predicted octanol–water partition coefficient (Wildman–Crippen LogP) is 4.38. The summed E-state index contributed by atoms with van der Waals surface area (Å²) >= 11 is 3.13. The van der Waals surface area contributed by atoms with Crippen LogP contribution < -0.4 is 5.32 Å². The molecule has 4 nitrogen and oxygen atoms in total. The van der Waals surface area contributed by atoms with Gasteiger partial charge in [0.1, 0.15) is 5.69 Å². The molecule has 0 heterocycles. The Morgan fingerprint density at radius 3 is 2.47 bits per heavy atom. The lowest BCUT2D eigenvalue weighted by molar-refractivity contribution is -0.384. The minimum atomic E-state index is -1.02. The van der Waals surface area contributed by atoms with Crippen LogP contribution in [0.15, 0.2) is 40.9 Å². The lowest BCUT2D eigenvalue weighted by Gasteiger charge is -2.07. The maximum absolute atomic E-state index is 13.0. The van der Waals surface area contributed by atoms with E-state index in [4.69, 9.17) is 0 Å². The van der Waals surface area contributed by atoms with Gasteiger partial charge in [0.05, 0.1) is 4.92 Å². The van der Waals surface area contributed by atoms with Crippen LogP contribution in [0, 0.1) is 21.7 Å². The molecule has 0 saturated heterocycles. The summed E-state index contributed by atoms with van der Waals surface area (Å²) in [5.74, 6) is -2.00. The first-order valence-corrected chi connectivity index (χ1v) is 5.92. The van der Waals surface area contributed by atoms with Gasteiger partial charge in [-0.25, -0.2) is 8.78 Å². The molecule has 2 rings (SSSR count). The second-order valence-electron chi connectivity index (χ2n) is 3.67. The molecule has 0 spiro atoms. The summed E-state index contributed by atoms with van der Waals surface area (Å²) in [6, 6.07) is 7.58. The van der Waals surface area contributed by atoms with E-state index in [9.17, 15) is 18.9 Å². The lowest BCUT2D eigenvalue weighted by atomic mass is 10.2. The van der Waals surface area contributed by atoms with Crippen molar-refractivity contribution in [3.05, 3.63) is 62.6 Å². The Hall–Kier alpha value is -2.02. The van der Waals surface area contributed by atoms with Gasteiger partial charge in [-0.2, -0.15) is 0 Å². The molecular weight excluding hydrogens is 322 g/mol. The maximum Gasteiger partial charge on any atom is 0.293 e. The molecule has 19 heavy (non-hydrogen) atoms. The molecule has 0 saturated carbocycles. The van der Waals surface area contributed by atoms with E-state index in [1.165, 1.54) is 18.2 Å². The number of hydrogen-bond acceptors (Lipinski definition) is 3. The molecule has 0 fully saturated rings. The molecule has 0 aliphatic carbocycles. The van der Waals surface area contributed by atoms with Crippen molar-refractivity contribution in [3.8, 4) is 0 Å². The van der Waals surface area contributed by atoms with Crippen LogP contribution in [0.3, 0.4) is 0 Å². The van der Waals surface area contributed by atoms with E-state index in [0.717, 1.165) is 12.1 Å². The van der Waals surface area contributed by atoms with Crippen LogP contribution in [-0.4, -0.2) is 4.92 Å². The molecule has 0 unspecified atom stereocenters. The summed E-state index contributed by atoms with van der Waals surface area (Å²) in [6.07, 6.45) is 0. The third-order valence-corrected chi connectivity index (χ3v) is 2.85. The fraction of sp³-hybridized carbons (Fsp3) is 0. The van der Waals surface area contributed by atoms with E-state index in [1.807, 2.05) is 0 Å². The van der Waals surface area contributed by atoms with Gasteiger partial charge in [0.25, 0.3) is 5.69 Å². The highest BCUT2D eigenvalue weighted by atomic mass is 79.9. The Bertz CT molecular complexity index is 650. The van der Waals surface area contributed by atoms with Crippen molar-refractivity contribution in [2.45, 2.75) is 0 Å². The molecule has 0 aliphatic heterocycles. The van der Waals surface area contributed by atoms with E-state index in [1.54, 1.807) is 6.07 Å². The van der Waals surface area contributed by atoms with Crippen molar-refractivity contribution in [3.63, 3.8) is 0 Å². The zero-order valence-corrected chi connectivity index (χ0v) is 10.9. The van der Waals surface area contributed by atoms with Crippen molar-refractivity contribution < 1.29 is 13.7 Å². The molecule has 2 aromatic rings. The van der Waals surface area contributed by atoms with Gasteiger partial charge in [-0.15, -0.1) is 0 Å². The molecule has 0 atom stereocenters. The lowest BCUT2D eigenvalue weighted by Crippen LogP contribution is -1.98. The van der Waals surface area contributed by atoms with Crippen molar-refractivity contribution >= 4 is 33.0 Å². The number of nitrogens with zero attached hydrogens (tertiary/aromatic N) is 1. The topological polar surface area (TPSA) is 55.2 Å². The number of hydrogen-bond donors (Lipinski definition) is 1. The van der Waals surface area contributed by atoms with Crippen LogP contribution >= 0.6 is 15.9 Å². The second-order valence-corrected chi connectivity index (χ2v) is 4.59. The molecule has 98 valence electrons. The standard InChI is InChI=1S/C12H7BrF2N2O2/c13-7-1-4-11(12(5-7)17(18)19)16-8-2-3-9(14)10(15)6-8/h1-6,16H. The van der Waals surface area contributed by atoms with Crippen LogP contribution in [0.25, 0.3) is 0 Å². The molecular formula is C12H7BrF2N2O2. The van der Waals surface area contributed by atoms with Crippen molar-refractivity contribution in [2.24, 2.45) is 0 Å². The summed E-state index contributed by atoms with van der Waals surface area (Å²) in [5, 5.41) is 13.6. The van der Waals surface area contributed by atoms with Crippen molar-refractivity contribution in [1.82, 2.24) is 0 Å². The number of nitro benzene ring substituents is 1. The highest BCUT2D eigenvalue weighted by Crippen LogP contribution is 2.30. The fourth-order valence-electron chi connectivity index (χ4n) is 1.49. The zero-order valence-electron chi connectivity index (χ0n) is 9.36. The minimum absolute atomic E-state index is 0.167.